The summed E-state index contributed by atoms with van der Waals surface area (Å²) in [5.74, 6) is 1.37. The smallest absolute Gasteiger partial charge is 0.401 e. The van der Waals surface area contributed by atoms with Crippen molar-refractivity contribution in [1.29, 1.82) is 5.26 Å². The Kier molecular flexibility index (Phi) is 6.19. The molecule has 1 aromatic carbocycles. The van der Waals surface area contributed by atoms with Crippen LogP contribution in [0.25, 0.3) is 10.9 Å². The third-order valence-electron chi connectivity index (χ3n) is 7.81. The molecule has 0 bridgehead atoms. The number of carbonyl (C=O) groups is 1. The highest BCUT2D eigenvalue weighted by atomic mass is 19.4. The molecule has 0 spiro atoms. The largest absolute Gasteiger partial charge is 0.494 e. The number of alkyl halides is 3. The second-order valence-electron chi connectivity index (χ2n) is 10.1. The van der Waals surface area contributed by atoms with Crippen LogP contribution in [-0.4, -0.2) is 48.2 Å². The molecular weight excluding hydrogens is 445 g/mol. The minimum atomic E-state index is -4.12. The number of nitrogens with zero attached hydrogens (tertiary/aromatic N) is 2. The Morgan fingerprint density at radius 2 is 2.00 bits per heavy atom. The predicted molar refractivity (Wildman–Crippen MR) is 121 cm³/mol. The molecule has 0 radical (unpaired) electrons. The van der Waals surface area contributed by atoms with Crippen LogP contribution in [0, 0.1) is 40.9 Å². The lowest BCUT2D eigenvalue weighted by Crippen LogP contribution is -2.35. The maximum atomic E-state index is 12.6. The van der Waals surface area contributed by atoms with Crippen molar-refractivity contribution in [3.8, 4) is 11.8 Å². The summed E-state index contributed by atoms with van der Waals surface area (Å²) in [7, 11) is 0. The van der Waals surface area contributed by atoms with Crippen LogP contribution in [0.3, 0.4) is 0 Å². The van der Waals surface area contributed by atoms with Gasteiger partial charge in [0.1, 0.15) is 5.75 Å². The molecule has 1 aromatic heterocycles. The molecule has 3 unspecified atom stereocenters. The molecule has 2 aliphatic carbocycles. The summed E-state index contributed by atoms with van der Waals surface area (Å²) in [4.78, 5) is 17.2. The molecule has 182 valence electrons. The molecule has 9 heteroatoms. The highest BCUT2D eigenvalue weighted by Gasteiger charge is 2.43. The number of carbonyl (C=O) groups excluding carboxylic acids is 1. The van der Waals surface area contributed by atoms with Gasteiger partial charge in [-0.2, -0.15) is 18.4 Å². The highest BCUT2D eigenvalue weighted by Crippen LogP contribution is 2.43. The number of amides is 1. The average Bonchev–Trinajstić information content (AvgIpc) is 3.40. The molecular formula is C25H29F3N4O2. The summed E-state index contributed by atoms with van der Waals surface area (Å²) in [6.45, 7) is 0.865. The Hall–Kier alpha value is -2.73. The molecule has 2 saturated carbocycles. The van der Waals surface area contributed by atoms with Crippen molar-refractivity contribution >= 4 is 22.5 Å². The van der Waals surface area contributed by atoms with E-state index in [1.54, 1.807) is 11.1 Å². The van der Waals surface area contributed by atoms with E-state index < -0.39 is 12.7 Å². The zero-order chi connectivity index (χ0) is 23.9. The molecule has 34 heavy (non-hydrogen) atoms. The first-order valence-electron chi connectivity index (χ1n) is 12.0. The molecule has 5 atom stereocenters. The van der Waals surface area contributed by atoms with E-state index >= 15 is 0 Å². The third-order valence-corrected chi connectivity index (χ3v) is 7.81. The van der Waals surface area contributed by atoms with Crippen molar-refractivity contribution in [2.45, 2.75) is 38.3 Å². The first-order chi connectivity index (χ1) is 16.3. The zero-order valence-electron chi connectivity index (χ0n) is 18.9. The molecule has 2 aromatic rings. The van der Waals surface area contributed by atoms with Gasteiger partial charge in [0.05, 0.1) is 36.7 Å². The Morgan fingerprint density at radius 3 is 2.65 bits per heavy atom. The van der Waals surface area contributed by atoms with E-state index in [1.165, 1.54) is 0 Å². The number of halogens is 3. The van der Waals surface area contributed by atoms with E-state index in [4.69, 9.17) is 10.00 Å². The van der Waals surface area contributed by atoms with Crippen LogP contribution in [-0.2, 0) is 4.79 Å². The van der Waals surface area contributed by atoms with Gasteiger partial charge in [-0.15, -0.1) is 0 Å². The minimum absolute atomic E-state index is 0.120. The maximum Gasteiger partial charge on any atom is 0.401 e. The number of aromatic nitrogens is 1. The van der Waals surface area contributed by atoms with E-state index in [2.05, 4.69) is 16.4 Å². The van der Waals surface area contributed by atoms with Crippen molar-refractivity contribution in [1.82, 2.24) is 9.88 Å². The summed E-state index contributed by atoms with van der Waals surface area (Å²) in [6, 6.07) is 7.90. The topological polar surface area (TPSA) is 81.2 Å². The molecule has 2 heterocycles. The number of likely N-dealkylation sites (tertiary alicyclic amines) is 1. The Bertz CT molecular complexity index is 1080. The molecule has 1 saturated heterocycles. The van der Waals surface area contributed by atoms with Gasteiger partial charge in [0.15, 0.2) is 0 Å². The fourth-order valence-corrected chi connectivity index (χ4v) is 5.97. The number of H-pyrrole nitrogens is 1. The lowest BCUT2D eigenvalue weighted by Gasteiger charge is -2.29. The summed E-state index contributed by atoms with van der Waals surface area (Å²) >= 11 is 0. The zero-order valence-corrected chi connectivity index (χ0v) is 18.9. The third kappa shape index (κ3) is 4.88. The average molecular weight is 475 g/mol. The summed E-state index contributed by atoms with van der Waals surface area (Å²) in [5, 5.41) is 12.9. The number of nitrogens with one attached hydrogen (secondary N) is 2. The fourth-order valence-electron chi connectivity index (χ4n) is 5.97. The van der Waals surface area contributed by atoms with E-state index in [0.717, 1.165) is 48.8 Å². The van der Waals surface area contributed by atoms with Gasteiger partial charge in [0, 0.05) is 30.2 Å². The van der Waals surface area contributed by atoms with Crippen LogP contribution >= 0.6 is 0 Å². The van der Waals surface area contributed by atoms with Crippen LogP contribution in [0.5, 0.6) is 5.75 Å². The Labute approximate surface area is 196 Å². The highest BCUT2D eigenvalue weighted by molar-refractivity contribution is 6.03. The number of ether oxygens (including phenoxy) is 1. The van der Waals surface area contributed by atoms with Crippen LogP contribution in [0.2, 0.25) is 0 Å². The molecule has 1 amide bonds. The standard InChI is InChI=1S/C25H29F3N4O2/c26-25(27,28)14-32-12-17-7-15(8-18(17)13-32)5-6-34-19-2-4-22-21(9-19)23(11-30-22)31-24(33)20-3-1-16(20)10-29/h2,4,9,11,15-18,20,30H,1,3,5-8,12-14H2,(H,31,33)/t15?,16?,17-,18+,20?. The van der Waals surface area contributed by atoms with Crippen molar-refractivity contribution in [2.75, 3.05) is 31.6 Å². The Morgan fingerprint density at radius 1 is 1.24 bits per heavy atom. The van der Waals surface area contributed by atoms with Crippen LogP contribution in [0.15, 0.2) is 24.4 Å². The number of benzene rings is 1. The molecule has 6 nitrogen and oxygen atoms in total. The van der Waals surface area contributed by atoms with Crippen molar-refractivity contribution in [2.24, 2.45) is 29.6 Å². The van der Waals surface area contributed by atoms with Crippen molar-refractivity contribution < 1.29 is 22.7 Å². The number of fused-ring (bicyclic) bond motifs is 2. The van der Waals surface area contributed by atoms with E-state index in [1.807, 2.05) is 18.2 Å². The summed E-state index contributed by atoms with van der Waals surface area (Å²) < 4.78 is 43.9. The van der Waals surface area contributed by atoms with Crippen molar-refractivity contribution in [3.05, 3.63) is 24.4 Å². The van der Waals surface area contributed by atoms with Crippen LogP contribution in [0.1, 0.15) is 32.1 Å². The molecule has 3 aliphatic rings. The van der Waals surface area contributed by atoms with Gasteiger partial charge in [0.2, 0.25) is 5.91 Å². The SMILES string of the molecule is N#CC1CCC1C(=O)Nc1c[nH]c2ccc(OCCC3C[C@@H]4CN(CC(F)(F)F)C[C@@H]4C3)cc12. The first kappa shape index (κ1) is 23.0. The van der Waals surface area contributed by atoms with Crippen LogP contribution in [0.4, 0.5) is 18.9 Å². The lowest BCUT2D eigenvalue weighted by molar-refractivity contribution is -0.144. The molecule has 5 rings (SSSR count). The lowest BCUT2D eigenvalue weighted by atomic mass is 9.74. The van der Waals surface area contributed by atoms with E-state index in [0.29, 0.717) is 43.1 Å². The van der Waals surface area contributed by atoms with Gasteiger partial charge in [-0.1, -0.05) is 0 Å². The maximum absolute atomic E-state index is 12.6. The number of hydrogen-bond acceptors (Lipinski definition) is 4. The number of aromatic amines is 1. The van der Waals surface area contributed by atoms with Crippen LogP contribution < -0.4 is 10.1 Å². The van der Waals surface area contributed by atoms with Gasteiger partial charge < -0.3 is 15.0 Å². The summed E-state index contributed by atoms with van der Waals surface area (Å²) in [5.41, 5.74) is 1.57. The molecule has 3 fully saturated rings. The molecule has 1 aliphatic heterocycles. The van der Waals surface area contributed by atoms with E-state index in [-0.39, 0.29) is 17.7 Å². The summed E-state index contributed by atoms with van der Waals surface area (Å²) in [6.07, 6.45) is 1.98. The van der Waals surface area contributed by atoms with Gasteiger partial charge >= 0.3 is 6.18 Å². The number of anilines is 1. The quantitative estimate of drug-likeness (QED) is 0.595. The number of rotatable bonds is 7. The molecule has 2 N–H and O–H groups in total. The second-order valence-corrected chi connectivity index (χ2v) is 10.1. The van der Waals surface area contributed by atoms with Crippen molar-refractivity contribution in [3.63, 3.8) is 0 Å². The van der Waals surface area contributed by atoms with Gasteiger partial charge in [-0.05, 0) is 68.1 Å². The Balaban J connectivity index is 1.11. The number of nitriles is 1. The monoisotopic (exact) mass is 474 g/mol. The van der Waals surface area contributed by atoms with Gasteiger partial charge in [0.25, 0.3) is 0 Å². The fraction of sp³-hybridized carbons (Fsp3) is 0.600. The first-order valence-corrected chi connectivity index (χ1v) is 12.0. The van der Waals surface area contributed by atoms with E-state index in [9.17, 15) is 18.0 Å². The van der Waals surface area contributed by atoms with Gasteiger partial charge in [-0.25, -0.2) is 0 Å². The number of hydrogen-bond donors (Lipinski definition) is 2. The predicted octanol–water partition coefficient (Wildman–Crippen LogP) is 4.95. The normalized spacial score (nSPS) is 28.9. The van der Waals surface area contributed by atoms with Gasteiger partial charge in [-0.3, -0.25) is 9.69 Å². The second kappa shape index (κ2) is 9.14. The minimum Gasteiger partial charge on any atom is -0.494 e.